The lowest BCUT2D eigenvalue weighted by atomic mass is 9.98. The van der Waals surface area contributed by atoms with Gasteiger partial charge in [0.05, 0.1) is 5.69 Å². The summed E-state index contributed by atoms with van der Waals surface area (Å²) in [6, 6.07) is 22.7. The minimum absolute atomic E-state index is 0.740. The molecule has 5 nitrogen and oxygen atoms in total. The molecule has 0 saturated heterocycles. The topological polar surface area (TPSA) is 55.6 Å². The van der Waals surface area contributed by atoms with Gasteiger partial charge in [0.2, 0.25) is 0 Å². The molecule has 5 aromatic rings. The second-order valence-electron chi connectivity index (χ2n) is 7.44. The Bertz CT molecular complexity index is 1360. The van der Waals surface area contributed by atoms with E-state index in [1.54, 1.807) is 6.20 Å². The molecule has 0 aliphatic rings. The van der Waals surface area contributed by atoms with Crippen LogP contribution >= 0.6 is 0 Å². The van der Waals surface area contributed by atoms with Gasteiger partial charge in [0.15, 0.2) is 0 Å². The van der Waals surface area contributed by atoms with Crippen molar-refractivity contribution in [3.8, 4) is 22.4 Å². The Hall–Kier alpha value is -3.99. The van der Waals surface area contributed by atoms with Crippen molar-refractivity contribution < 1.29 is 0 Å². The number of benzene rings is 2. The lowest BCUT2D eigenvalue weighted by Gasteiger charge is -2.15. The molecule has 0 radical (unpaired) electrons. The monoisotopic (exact) mass is 405 g/mol. The molecule has 152 valence electrons. The summed E-state index contributed by atoms with van der Waals surface area (Å²) >= 11 is 0. The Morgan fingerprint density at radius 1 is 0.903 bits per heavy atom. The fourth-order valence-corrected chi connectivity index (χ4v) is 3.90. The Morgan fingerprint density at radius 3 is 2.61 bits per heavy atom. The van der Waals surface area contributed by atoms with Crippen LogP contribution in [0.5, 0.6) is 0 Å². The van der Waals surface area contributed by atoms with Crippen molar-refractivity contribution >= 4 is 22.4 Å². The number of fused-ring (bicyclic) bond motifs is 1. The number of para-hydroxylation sites is 1. The molecule has 3 heterocycles. The van der Waals surface area contributed by atoms with Crippen LogP contribution in [0.2, 0.25) is 0 Å². The number of hydrogen-bond acceptors (Lipinski definition) is 4. The average Bonchev–Trinajstić information content (AvgIpc) is 3.22. The molecular weight excluding hydrogens is 382 g/mol. The molecular formula is C26H23N5. The predicted molar refractivity (Wildman–Crippen MR) is 126 cm³/mol. The zero-order chi connectivity index (χ0) is 21.2. The second-order valence-corrected chi connectivity index (χ2v) is 7.44. The van der Waals surface area contributed by atoms with Gasteiger partial charge in [0, 0.05) is 52.9 Å². The maximum absolute atomic E-state index is 4.85. The first-order valence-electron chi connectivity index (χ1n) is 10.4. The molecule has 31 heavy (non-hydrogen) atoms. The lowest BCUT2D eigenvalue weighted by Crippen LogP contribution is -1.99. The standard InChI is InChI=1S/C26H23N5/c1-3-31-15-13-20-16-19(11-12-24(20)31)22-17-28-18(2)29-26(22)21-8-4-5-9-23(21)30-25-10-6-7-14-27-25/h4-17H,3H2,1-2H3,(H,27,30). The molecule has 0 aliphatic heterocycles. The van der Waals surface area contributed by atoms with E-state index in [-0.39, 0.29) is 0 Å². The highest BCUT2D eigenvalue weighted by atomic mass is 15.0. The molecule has 3 aromatic heterocycles. The Morgan fingerprint density at radius 2 is 1.77 bits per heavy atom. The molecule has 5 heteroatoms. The van der Waals surface area contributed by atoms with Gasteiger partial charge in [-0.1, -0.05) is 30.3 Å². The summed E-state index contributed by atoms with van der Waals surface area (Å²) in [6.07, 6.45) is 5.84. The number of nitrogens with zero attached hydrogens (tertiary/aromatic N) is 4. The van der Waals surface area contributed by atoms with E-state index < -0.39 is 0 Å². The molecule has 0 saturated carbocycles. The third-order valence-corrected chi connectivity index (χ3v) is 5.44. The molecule has 0 fully saturated rings. The minimum atomic E-state index is 0.740. The van der Waals surface area contributed by atoms with Crippen molar-refractivity contribution in [2.75, 3.05) is 5.32 Å². The maximum Gasteiger partial charge on any atom is 0.130 e. The molecule has 0 aliphatic carbocycles. The van der Waals surface area contributed by atoms with E-state index in [9.17, 15) is 0 Å². The van der Waals surface area contributed by atoms with E-state index in [0.29, 0.717) is 0 Å². The molecule has 5 rings (SSSR count). The first-order chi connectivity index (χ1) is 15.2. The van der Waals surface area contributed by atoms with Crippen LogP contribution in [0.4, 0.5) is 11.5 Å². The van der Waals surface area contributed by atoms with Gasteiger partial charge >= 0.3 is 0 Å². The number of pyridine rings is 1. The third kappa shape index (κ3) is 3.66. The number of hydrogen-bond donors (Lipinski definition) is 1. The fourth-order valence-electron chi connectivity index (χ4n) is 3.90. The van der Waals surface area contributed by atoms with Crippen molar-refractivity contribution in [2.45, 2.75) is 20.4 Å². The highest BCUT2D eigenvalue weighted by Crippen LogP contribution is 2.36. The van der Waals surface area contributed by atoms with Gasteiger partial charge in [-0.3, -0.25) is 0 Å². The molecule has 0 unspecified atom stereocenters. The zero-order valence-electron chi connectivity index (χ0n) is 17.6. The van der Waals surface area contributed by atoms with E-state index in [0.717, 1.165) is 46.3 Å². The number of aromatic nitrogens is 4. The van der Waals surface area contributed by atoms with Crippen molar-refractivity contribution in [2.24, 2.45) is 0 Å². The number of anilines is 2. The highest BCUT2D eigenvalue weighted by Gasteiger charge is 2.15. The SMILES string of the molecule is CCn1ccc2cc(-c3cnc(C)nc3-c3ccccc3Nc3ccccn3)ccc21. The van der Waals surface area contributed by atoms with Gasteiger partial charge in [-0.25, -0.2) is 15.0 Å². The van der Waals surface area contributed by atoms with Crippen LogP contribution < -0.4 is 5.32 Å². The van der Waals surface area contributed by atoms with E-state index in [2.05, 4.69) is 69.4 Å². The van der Waals surface area contributed by atoms with Crippen molar-refractivity contribution in [3.63, 3.8) is 0 Å². The molecule has 0 spiro atoms. The maximum atomic E-state index is 4.85. The van der Waals surface area contributed by atoms with Gasteiger partial charge in [-0.2, -0.15) is 0 Å². The molecule has 1 N–H and O–H groups in total. The Balaban J connectivity index is 1.64. The van der Waals surface area contributed by atoms with Gasteiger partial charge in [-0.15, -0.1) is 0 Å². The Kier molecular flexibility index (Phi) is 4.92. The number of aryl methyl sites for hydroxylation is 2. The summed E-state index contributed by atoms with van der Waals surface area (Å²) in [7, 11) is 0. The summed E-state index contributed by atoms with van der Waals surface area (Å²) in [5.41, 5.74) is 6.22. The van der Waals surface area contributed by atoms with Crippen LogP contribution in [0.3, 0.4) is 0 Å². The predicted octanol–water partition coefficient (Wildman–Crippen LogP) is 6.23. The first-order valence-corrected chi connectivity index (χ1v) is 10.4. The normalized spacial score (nSPS) is 11.0. The van der Waals surface area contributed by atoms with Crippen LogP contribution in [0.15, 0.2) is 85.3 Å². The van der Waals surface area contributed by atoms with E-state index >= 15 is 0 Å². The van der Waals surface area contributed by atoms with Crippen LogP contribution in [0.1, 0.15) is 12.7 Å². The van der Waals surface area contributed by atoms with E-state index in [1.165, 1.54) is 10.9 Å². The molecule has 2 aromatic carbocycles. The van der Waals surface area contributed by atoms with Crippen LogP contribution in [-0.2, 0) is 6.54 Å². The number of nitrogens with one attached hydrogen (secondary N) is 1. The average molecular weight is 406 g/mol. The van der Waals surface area contributed by atoms with Crippen LogP contribution in [-0.4, -0.2) is 19.5 Å². The molecule has 0 amide bonds. The second kappa shape index (κ2) is 8.03. The summed E-state index contributed by atoms with van der Waals surface area (Å²) in [4.78, 5) is 13.8. The van der Waals surface area contributed by atoms with Gasteiger partial charge in [-0.05, 0) is 55.8 Å². The summed E-state index contributed by atoms with van der Waals surface area (Å²) in [6.45, 7) is 5.03. The van der Waals surface area contributed by atoms with Gasteiger partial charge in [0.25, 0.3) is 0 Å². The van der Waals surface area contributed by atoms with E-state index in [1.807, 2.05) is 43.5 Å². The third-order valence-electron chi connectivity index (χ3n) is 5.44. The smallest absolute Gasteiger partial charge is 0.130 e. The summed E-state index contributed by atoms with van der Waals surface area (Å²) in [5, 5.41) is 4.65. The molecule has 0 atom stereocenters. The lowest BCUT2D eigenvalue weighted by molar-refractivity contribution is 0.798. The summed E-state index contributed by atoms with van der Waals surface area (Å²) in [5.74, 6) is 1.54. The fraction of sp³-hybridized carbons (Fsp3) is 0.115. The van der Waals surface area contributed by atoms with Crippen molar-refractivity contribution in [3.05, 3.63) is 91.1 Å². The Labute approximate surface area is 181 Å². The summed E-state index contributed by atoms with van der Waals surface area (Å²) < 4.78 is 2.25. The zero-order valence-corrected chi connectivity index (χ0v) is 17.6. The van der Waals surface area contributed by atoms with Crippen molar-refractivity contribution in [1.29, 1.82) is 0 Å². The van der Waals surface area contributed by atoms with Gasteiger partial charge in [0.1, 0.15) is 11.6 Å². The largest absolute Gasteiger partial charge is 0.348 e. The minimum Gasteiger partial charge on any atom is -0.348 e. The highest BCUT2D eigenvalue weighted by molar-refractivity contribution is 5.91. The van der Waals surface area contributed by atoms with Crippen LogP contribution in [0.25, 0.3) is 33.3 Å². The van der Waals surface area contributed by atoms with Crippen LogP contribution in [0, 0.1) is 6.92 Å². The van der Waals surface area contributed by atoms with Crippen molar-refractivity contribution in [1.82, 2.24) is 19.5 Å². The molecule has 0 bridgehead atoms. The number of rotatable bonds is 5. The quantitative estimate of drug-likeness (QED) is 0.376. The van der Waals surface area contributed by atoms with E-state index in [4.69, 9.17) is 4.98 Å². The first kappa shape index (κ1) is 19.0. The van der Waals surface area contributed by atoms with Gasteiger partial charge < -0.3 is 9.88 Å².